The van der Waals surface area contributed by atoms with Crippen molar-refractivity contribution in [2.45, 2.75) is 52.4 Å². The average Bonchev–Trinajstić information content (AvgIpc) is 2.32. The van der Waals surface area contributed by atoms with E-state index in [9.17, 15) is 14.7 Å². The van der Waals surface area contributed by atoms with Gasteiger partial charge in [0.15, 0.2) is 5.78 Å². The molecule has 1 atom stereocenters. The van der Waals surface area contributed by atoms with E-state index in [1.807, 2.05) is 0 Å². The molecular weight excluding hydrogens is 228 g/mol. The van der Waals surface area contributed by atoms with Gasteiger partial charge in [0.25, 0.3) is 0 Å². The molecule has 0 heterocycles. The molecule has 0 saturated carbocycles. The maximum absolute atomic E-state index is 11.8. The van der Waals surface area contributed by atoms with Gasteiger partial charge < -0.3 is 5.11 Å². The van der Waals surface area contributed by atoms with E-state index in [0.29, 0.717) is 12.0 Å². The van der Waals surface area contributed by atoms with Crippen molar-refractivity contribution in [2.75, 3.05) is 0 Å². The second kappa shape index (κ2) is 7.14. The van der Waals surface area contributed by atoms with E-state index in [-0.39, 0.29) is 11.4 Å². The number of carbonyl (C=O) groups excluding carboxylic acids is 1. The van der Waals surface area contributed by atoms with Crippen LogP contribution in [0.1, 0.15) is 52.4 Å². The first-order valence-corrected chi connectivity index (χ1v) is 6.74. The van der Waals surface area contributed by atoms with Crippen LogP contribution in [0.3, 0.4) is 0 Å². The molecule has 0 aromatic carbocycles. The minimum Gasteiger partial charge on any atom is -0.478 e. The highest BCUT2D eigenvalue weighted by Gasteiger charge is 2.29. The van der Waals surface area contributed by atoms with E-state index in [1.165, 1.54) is 25.3 Å². The molecule has 18 heavy (non-hydrogen) atoms. The lowest BCUT2D eigenvalue weighted by Crippen LogP contribution is -2.24. The molecule has 1 rings (SSSR count). The molecule has 0 aliphatic heterocycles. The molecule has 0 aromatic heterocycles. The number of rotatable bonds is 7. The molecule has 0 radical (unpaired) electrons. The molecule has 0 fully saturated rings. The van der Waals surface area contributed by atoms with Crippen molar-refractivity contribution in [3.05, 3.63) is 23.3 Å². The number of ketones is 1. The Kier molecular flexibility index (Phi) is 5.83. The first-order chi connectivity index (χ1) is 8.57. The topological polar surface area (TPSA) is 54.4 Å². The number of aliphatic carboxylic acids is 1. The molecule has 100 valence electrons. The zero-order valence-corrected chi connectivity index (χ0v) is 11.2. The number of allylic oxidation sites excluding steroid dienone is 3. The third kappa shape index (κ3) is 3.83. The minimum absolute atomic E-state index is 0.0616. The lowest BCUT2D eigenvalue weighted by molar-refractivity contribution is -0.134. The summed E-state index contributed by atoms with van der Waals surface area (Å²) in [6.07, 6.45) is 9.34. The number of hydrogen-bond donors (Lipinski definition) is 1. The predicted octanol–water partition coefficient (Wildman–Crippen LogP) is 3.50. The highest BCUT2D eigenvalue weighted by atomic mass is 16.4. The Morgan fingerprint density at radius 3 is 2.50 bits per heavy atom. The van der Waals surface area contributed by atoms with Gasteiger partial charge in [0.05, 0.1) is 11.5 Å². The highest BCUT2D eigenvalue weighted by Crippen LogP contribution is 2.27. The standard InChI is InChI=1S/C15H22O3/c1-3-4-5-6-7-8-12-13(16)10-9-11(2)14(12)15(17)18/h9-10,12H,3-8H2,1-2H3,(H,17,18). The van der Waals surface area contributed by atoms with E-state index in [0.717, 1.165) is 12.8 Å². The Balaban J connectivity index is 2.59. The summed E-state index contributed by atoms with van der Waals surface area (Å²) in [7, 11) is 0. The average molecular weight is 250 g/mol. The fourth-order valence-corrected chi connectivity index (χ4v) is 2.39. The molecule has 0 bridgehead atoms. The normalized spacial score (nSPS) is 19.4. The second-order valence-corrected chi connectivity index (χ2v) is 4.89. The van der Waals surface area contributed by atoms with Crippen LogP contribution in [0.15, 0.2) is 23.3 Å². The molecule has 1 aliphatic carbocycles. The van der Waals surface area contributed by atoms with Crippen LogP contribution in [0.4, 0.5) is 0 Å². The summed E-state index contributed by atoms with van der Waals surface area (Å²) in [5.74, 6) is -1.45. The fourth-order valence-electron chi connectivity index (χ4n) is 2.39. The Bertz CT molecular complexity index is 377. The molecule has 0 spiro atoms. The Hall–Kier alpha value is -1.38. The SMILES string of the molecule is CCCCCCCC1C(=O)C=CC(C)=C1C(=O)O. The zero-order chi connectivity index (χ0) is 13.5. The maximum atomic E-state index is 11.8. The number of carboxylic acids is 1. The predicted molar refractivity (Wildman–Crippen MR) is 71.3 cm³/mol. The van der Waals surface area contributed by atoms with Crippen molar-refractivity contribution in [3.8, 4) is 0 Å². The molecule has 0 amide bonds. The van der Waals surface area contributed by atoms with Gasteiger partial charge in [-0.25, -0.2) is 4.79 Å². The van der Waals surface area contributed by atoms with E-state index in [4.69, 9.17) is 0 Å². The van der Waals surface area contributed by atoms with Gasteiger partial charge in [0.1, 0.15) is 0 Å². The van der Waals surface area contributed by atoms with Gasteiger partial charge in [-0.05, 0) is 25.0 Å². The maximum Gasteiger partial charge on any atom is 0.332 e. The van der Waals surface area contributed by atoms with Crippen molar-refractivity contribution in [3.63, 3.8) is 0 Å². The number of hydrogen-bond acceptors (Lipinski definition) is 2. The summed E-state index contributed by atoms with van der Waals surface area (Å²) >= 11 is 0. The van der Waals surface area contributed by atoms with Crippen LogP contribution in [-0.4, -0.2) is 16.9 Å². The summed E-state index contributed by atoms with van der Waals surface area (Å²) < 4.78 is 0. The summed E-state index contributed by atoms with van der Waals surface area (Å²) in [5, 5.41) is 9.19. The van der Waals surface area contributed by atoms with Gasteiger partial charge in [0.2, 0.25) is 0 Å². The van der Waals surface area contributed by atoms with Crippen LogP contribution < -0.4 is 0 Å². The molecule has 0 aromatic rings. The molecule has 1 N–H and O–H groups in total. The molecule has 0 saturated heterocycles. The smallest absolute Gasteiger partial charge is 0.332 e. The summed E-state index contributed by atoms with van der Waals surface area (Å²) in [4.78, 5) is 23.0. The summed E-state index contributed by atoms with van der Waals surface area (Å²) in [6, 6.07) is 0. The number of carbonyl (C=O) groups is 2. The molecule has 1 aliphatic rings. The van der Waals surface area contributed by atoms with Crippen molar-refractivity contribution in [2.24, 2.45) is 5.92 Å². The third-order valence-corrected chi connectivity index (χ3v) is 3.44. The molecule has 3 heteroatoms. The van der Waals surface area contributed by atoms with Gasteiger partial charge >= 0.3 is 5.97 Å². The zero-order valence-electron chi connectivity index (χ0n) is 11.2. The first kappa shape index (κ1) is 14.7. The van der Waals surface area contributed by atoms with E-state index >= 15 is 0 Å². The monoisotopic (exact) mass is 250 g/mol. The molecule has 3 nitrogen and oxygen atoms in total. The van der Waals surface area contributed by atoms with Crippen molar-refractivity contribution in [1.29, 1.82) is 0 Å². The Morgan fingerprint density at radius 1 is 1.22 bits per heavy atom. The van der Waals surface area contributed by atoms with Gasteiger partial charge in [-0.2, -0.15) is 0 Å². The van der Waals surface area contributed by atoms with E-state index < -0.39 is 11.9 Å². The first-order valence-electron chi connectivity index (χ1n) is 6.74. The van der Waals surface area contributed by atoms with Crippen LogP contribution in [0.2, 0.25) is 0 Å². The molecular formula is C15H22O3. The third-order valence-electron chi connectivity index (χ3n) is 3.44. The van der Waals surface area contributed by atoms with Gasteiger partial charge in [0, 0.05) is 0 Å². The van der Waals surface area contributed by atoms with Gasteiger partial charge in [-0.15, -0.1) is 0 Å². The minimum atomic E-state index is -0.955. The van der Waals surface area contributed by atoms with Gasteiger partial charge in [-0.1, -0.05) is 45.1 Å². The second-order valence-electron chi connectivity index (χ2n) is 4.89. The van der Waals surface area contributed by atoms with Crippen LogP contribution in [0.25, 0.3) is 0 Å². The van der Waals surface area contributed by atoms with Crippen molar-refractivity contribution < 1.29 is 14.7 Å². The Morgan fingerprint density at radius 2 is 1.89 bits per heavy atom. The van der Waals surface area contributed by atoms with Gasteiger partial charge in [-0.3, -0.25) is 4.79 Å². The van der Waals surface area contributed by atoms with E-state index in [2.05, 4.69) is 6.92 Å². The van der Waals surface area contributed by atoms with Crippen molar-refractivity contribution in [1.82, 2.24) is 0 Å². The lowest BCUT2D eigenvalue weighted by atomic mass is 9.83. The summed E-state index contributed by atoms with van der Waals surface area (Å²) in [5.41, 5.74) is 0.999. The largest absolute Gasteiger partial charge is 0.478 e. The lowest BCUT2D eigenvalue weighted by Gasteiger charge is -2.19. The van der Waals surface area contributed by atoms with Crippen LogP contribution in [0, 0.1) is 5.92 Å². The number of carboxylic acid groups (broad SMARTS) is 1. The fraction of sp³-hybridized carbons (Fsp3) is 0.600. The Labute approximate surface area is 109 Å². The number of unbranched alkanes of at least 4 members (excludes halogenated alkanes) is 4. The van der Waals surface area contributed by atoms with Crippen LogP contribution >= 0.6 is 0 Å². The van der Waals surface area contributed by atoms with E-state index in [1.54, 1.807) is 13.0 Å². The van der Waals surface area contributed by atoms with Crippen LogP contribution in [-0.2, 0) is 9.59 Å². The summed E-state index contributed by atoms with van der Waals surface area (Å²) in [6.45, 7) is 3.92. The highest BCUT2D eigenvalue weighted by molar-refractivity contribution is 6.04. The van der Waals surface area contributed by atoms with Crippen LogP contribution in [0.5, 0.6) is 0 Å². The quantitative estimate of drug-likeness (QED) is 0.703. The molecule has 1 unspecified atom stereocenters. The van der Waals surface area contributed by atoms with Crippen molar-refractivity contribution >= 4 is 11.8 Å².